The minimum atomic E-state index is -0.833. The number of nitrogens with zero attached hydrogens (tertiary/aromatic N) is 2. The Kier molecular flexibility index (Phi) is 6.65. The van der Waals surface area contributed by atoms with E-state index in [0.717, 1.165) is 5.56 Å². The Hall–Kier alpha value is -2.77. The van der Waals surface area contributed by atoms with E-state index in [9.17, 15) is 14.4 Å². The van der Waals surface area contributed by atoms with E-state index in [0.29, 0.717) is 0 Å². The van der Waals surface area contributed by atoms with E-state index in [-0.39, 0.29) is 32.7 Å². The summed E-state index contributed by atoms with van der Waals surface area (Å²) >= 11 is 0. The number of primary amides is 1. The van der Waals surface area contributed by atoms with E-state index in [4.69, 9.17) is 15.2 Å². The Balaban J connectivity index is 2.02. The van der Waals surface area contributed by atoms with E-state index < -0.39 is 29.7 Å². The normalized spacial score (nSPS) is 17.8. The highest BCUT2D eigenvalue weighted by Crippen LogP contribution is 2.16. The third-order valence-corrected chi connectivity index (χ3v) is 4.08. The zero-order valence-corrected chi connectivity index (χ0v) is 16.0. The van der Waals surface area contributed by atoms with E-state index in [1.165, 1.54) is 9.80 Å². The van der Waals surface area contributed by atoms with Crippen LogP contribution >= 0.6 is 0 Å². The van der Waals surface area contributed by atoms with Crippen molar-refractivity contribution < 1.29 is 23.9 Å². The molecule has 0 aliphatic carbocycles. The first kappa shape index (κ1) is 20.5. The summed E-state index contributed by atoms with van der Waals surface area (Å²) in [4.78, 5) is 39.4. The van der Waals surface area contributed by atoms with Crippen LogP contribution in [-0.4, -0.2) is 59.2 Å². The summed E-state index contributed by atoms with van der Waals surface area (Å²) in [6.07, 6.45) is -0.881. The lowest BCUT2D eigenvalue weighted by atomic mass is 10.2. The number of hydrogen-bond acceptors (Lipinski definition) is 5. The van der Waals surface area contributed by atoms with Gasteiger partial charge in [-0.05, 0) is 32.8 Å². The average Bonchev–Trinajstić information content (AvgIpc) is 2.82. The number of carbonyl (C=O) groups is 3. The molecule has 2 N–H and O–H groups in total. The topological polar surface area (TPSA) is 102 Å². The maximum atomic E-state index is 12.5. The van der Waals surface area contributed by atoms with Crippen LogP contribution in [0.25, 0.3) is 0 Å². The average molecular weight is 377 g/mol. The van der Waals surface area contributed by atoms with E-state index in [1.54, 1.807) is 20.8 Å². The molecule has 1 unspecified atom stereocenters. The number of carbonyl (C=O) groups excluding carboxylic acids is 3. The molecule has 1 aliphatic heterocycles. The zero-order chi connectivity index (χ0) is 20.0. The van der Waals surface area contributed by atoms with Crippen molar-refractivity contribution in [2.24, 2.45) is 5.73 Å². The number of ether oxygens (including phenoxy) is 2. The zero-order valence-electron chi connectivity index (χ0n) is 16.0. The fraction of sp³-hybridized carbons (Fsp3) is 0.526. The third-order valence-electron chi connectivity index (χ3n) is 4.08. The maximum absolute atomic E-state index is 12.5. The molecule has 0 spiro atoms. The molecular weight excluding hydrogens is 350 g/mol. The fourth-order valence-corrected chi connectivity index (χ4v) is 2.76. The van der Waals surface area contributed by atoms with Gasteiger partial charge in [0.05, 0.1) is 0 Å². The lowest BCUT2D eigenvalue weighted by molar-refractivity contribution is -0.122. The molecule has 2 rings (SSSR count). The molecule has 1 aliphatic rings. The number of hydrogen-bond donors (Lipinski definition) is 1. The van der Waals surface area contributed by atoms with Gasteiger partial charge in [-0.2, -0.15) is 0 Å². The van der Waals surface area contributed by atoms with Gasteiger partial charge in [-0.1, -0.05) is 30.3 Å². The summed E-state index contributed by atoms with van der Waals surface area (Å²) in [5.41, 5.74) is 5.69. The predicted molar refractivity (Wildman–Crippen MR) is 98.7 cm³/mol. The first-order valence-electron chi connectivity index (χ1n) is 8.92. The van der Waals surface area contributed by atoms with Crippen LogP contribution in [-0.2, 0) is 20.9 Å². The van der Waals surface area contributed by atoms with Crippen LogP contribution in [0, 0.1) is 0 Å². The van der Waals surface area contributed by atoms with Crippen LogP contribution in [0.2, 0.25) is 0 Å². The van der Waals surface area contributed by atoms with Crippen molar-refractivity contribution in [3.63, 3.8) is 0 Å². The highest BCUT2D eigenvalue weighted by atomic mass is 16.6. The van der Waals surface area contributed by atoms with Crippen molar-refractivity contribution >= 4 is 18.1 Å². The summed E-state index contributed by atoms with van der Waals surface area (Å²) in [6.45, 7) is 6.08. The number of amides is 3. The van der Waals surface area contributed by atoms with Crippen molar-refractivity contribution in [1.82, 2.24) is 9.80 Å². The van der Waals surface area contributed by atoms with Gasteiger partial charge in [-0.3, -0.25) is 9.69 Å². The molecule has 1 aromatic rings. The third kappa shape index (κ3) is 6.16. The van der Waals surface area contributed by atoms with Gasteiger partial charge >= 0.3 is 12.2 Å². The van der Waals surface area contributed by atoms with Crippen LogP contribution in [0.1, 0.15) is 32.8 Å². The summed E-state index contributed by atoms with van der Waals surface area (Å²) in [5.74, 6) is -0.627. The molecule has 148 valence electrons. The Labute approximate surface area is 159 Å². The van der Waals surface area contributed by atoms with Gasteiger partial charge in [0.25, 0.3) is 0 Å². The van der Waals surface area contributed by atoms with Gasteiger partial charge in [-0.25, -0.2) is 9.59 Å². The fourth-order valence-electron chi connectivity index (χ4n) is 2.76. The lowest BCUT2D eigenvalue weighted by Gasteiger charge is -2.27. The molecule has 0 radical (unpaired) electrons. The number of rotatable bonds is 3. The van der Waals surface area contributed by atoms with E-state index in [2.05, 4.69) is 0 Å². The molecule has 0 saturated carbocycles. The van der Waals surface area contributed by atoms with Gasteiger partial charge in [0.15, 0.2) is 0 Å². The van der Waals surface area contributed by atoms with Crippen molar-refractivity contribution in [1.29, 1.82) is 0 Å². The summed E-state index contributed by atoms with van der Waals surface area (Å²) in [5, 5.41) is 0. The minimum absolute atomic E-state index is 0.0947. The second-order valence-electron chi connectivity index (χ2n) is 7.41. The van der Waals surface area contributed by atoms with Gasteiger partial charge in [-0.15, -0.1) is 0 Å². The summed E-state index contributed by atoms with van der Waals surface area (Å²) < 4.78 is 10.7. The Morgan fingerprint density at radius 1 is 1.07 bits per heavy atom. The number of nitrogens with two attached hydrogens (primary N) is 1. The first-order chi connectivity index (χ1) is 12.7. The molecule has 0 bridgehead atoms. The SMILES string of the molecule is CC(C)(C)OC(=O)N1CCC(C(N)=O)N(C(=O)OCc2ccccc2)CC1. The van der Waals surface area contributed by atoms with Crippen molar-refractivity contribution in [3.05, 3.63) is 35.9 Å². The molecule has 3 amide bonds. The van der Waals surface area contributed by atoms with E-state index in [1.807, 2.05) is 30.3 Å². The molecule has 1 heterocycles. The van der Waals surface area contributed by atoms with E-state index >= 15 is 0 Å². The Bertz CT molecular complexity index is 672. The van der Waals surface area contributed by atoms with Crippen LogP contribution < -0.4 is 5.73 Å². The van der Waals surface area contributed by atoms with Gasteiger partial charge in [0.1, 0.15) is 18.2 Å². The molecular formula is C19H27N3O5. The van der Waals surface area contributed by atoms with Crippen LogP contribution in [0.15, 0.2) is 30.3 Å². The Morgan fingerprint density at radius 3 is 2.33 bits per heavy atom. The predicted octanol–water partition coefficient (Wildman–Crippen LogP) is 2.12. The van der Waals surface area contributed by atoms with Gasteiger partial charge in [0.2, 0.25) is 5.91 Å². The van der Waals surface area contributed by atoms with Gasteiger partial charge < -0.3 is 20.1 Å². The summed E-state index contributed by atoms with van der Waals surface area (Å²) in [6, 6.07) is 8.41. The Morgan fingerprint density at radius 2 is 1.74 bits per heavy atom. The lowest BCUT2D eigenvalue weighted by Crippen LogP contribution is -2.48. The van der Waals surface area contributed by atoms with Crippen LogP contribution in [0.4, 0.5) is 9.59 Å². The van der Waals surface area contributed by atoms with Crippen molar-refractivity contribution in [2.45, 2.75) is 45.4 Å². The smallest absolute Gasteiger partial charge is 0.410 e. The summed E-state index contributed by atoms with van der Waals surface area (Å²) in [7, 11) is 0. The molecule has 1 fully saturated rings. The molecule has 27 heavy (non-hydrogen) atoms. The standard InChI is InChI=1S/C19H27N3O5/c1-19(2,3)27-17(24)21-10-9-15(16(20)23)22(12-11-21)18(25)26-13-14-7-5-4-6-8-14/h4-8,15H,9-13H2,1-3H3,(H2,20,23). The molecule has 1 saturated heterocycles. The first-order valence-corrected chi connectivity index (χ1v) is 8.92. The number of benzene rings is 1. The van der Waals surface area contributed by atoms with Gasteiger partial charge in [0, 0.05) is 19.6 Å². The molecule has 8 heteroatoms. The second-order valence-corrected chi connectivity index (χ2v) is 7.41. The highest BCUT2D eigenvalue weighted by Gasteiger charge is 2.34. The van der Waals surface area contributed by atoms with Crippen molar-refractivity contribution in [2.75, 3.05) is 19.6 Å². The largest absolute Gasteiger partial charge is 0.445 e. The molecule has 1 aromatic carbocycles. The van der Waals surface area contributed by atoms with Crippen LogP contribution in [0.3, 0.4) is 0 Å². The quantitative estimate of drug-likeness (QED) is 0.869. The highest BCUT2D eigenvalue weighted by molar-refractivity contribution is 5.84. The molecule has 1 atom stereocenters. The maximum Gasteiger partial charge on any atom is 0.410 e. The second kappa shape index (κ2) is 8.75. The molecule has 0 aromatic heterocycles. The molecule has 8 nitrogen and oxygen atoms in total. The van der Waals surface area contributed by atoms with Crippen LogP contribution in [0.5, 0.6) is 0 Å². The van der Waals surface area contributed by atoms with Crippen molar-refractivity contribution in [3.8, 4) is 0 Å². The minimum Gasteiger partial charge on any atom is -0.445 e. The monoisotopic (exact) mass is 377 g/mol.